The second kappa shape index (κ2) is 6.55. The lowest BCUT2D eigenvalue weighted by molar-refractivity contribution is 0.0707. The van der Waals surface area contributed by atoms with E-state index in [-0.39, 0.29) is 5.91 Å². The standard InChI is InChI=1S/C15H23N3O/c1-3-17-14-8-9-16-10-13(14)15(19)18(4-2)11-12-6-5-7-12/h8-10,12H,3-7,11H2,1-2H3,(H,16,17). The van der Waals surface area contributed by atoms with Crippen LogP contribution in [0.15, 0.2) is 18.5 Å². The van der Waals surface area contributed by atoms with Crippen LogP contribution in [0.2, 0.25) is 0 Å². The monoisotopic (exact) mass is 261 g/mol. The van der Waals surface area contributed by atoms with Gasteiger partial charge >= 0.3 is 0 Å². The first-order valence-electron chi connectivity index (χ1n) is 7.23. The van der Waals surface area contributed by atoms with E-state index >= 15 is 0 Å². The van der Waals surface area contributed by atoms with Crippen molar-refractivity contribution < 1.29 is 4.79 Å². The molecule has 0 saturated heterocycles. The maximum Gasteiger partial charge on any atom is 0.257 e. The van der Waals surface area contributed by atoms with Crippen molar-refractivity contribution in [2.75, 3.05) is 25.0 Å². The van der Waals surface area contributed by atoms with E-state index in [4.69, 9.17) is 0 Å². The molecule has 0 unspecified atom stereocenters. The van der Waals surface area contributed by atoms with Crippen molar-refractivity contribution in [1.29, 1.82) is 0 Å². The van der Waals surface area contributed by atoms with Gasteiger partial charge in [0.2, 0.25) is 0 Å². The number of carbonyl (C=O) groups is 1. The number of carbonyl (C=O) groups excluding carboxylic acids is 1. The van der Waals surface area contributed by atoms with Crippen LogP contribution in [0.1, 0.15) is 43.5 Å². The van der Waals surface area contributed by atoms with Crippen LogP contribution in [0.25, 0.3) is 0 Å². The summed E-state index contributed by atoms with van der Waals surface area (Å²) in [6.07, 6.45) is 7.22. The van der Waals surface area contributed by atoms with Gasteiger partial charge in [0, 0.05) is 32.0 Å². The van der Waals surface area contributed by atoms with Gasteiger partial charge in [-0.15, -0.1) is 0 Å². The Hall–Kier alpha value is -1.58. The van der Waals surface area contributed by atoms with E-state index in [9.17, 15) is 4.79 Å². The number of hydrogen-bond donors (Lipinski definition) is 1. The minimum atomic E-state index is 0.0958. The normalized spacial score (nSPS) is 14.8. The highest BCUT2D eigenvalue weighted by molar-refractivity contribution is 5.99. The SMILES string of the molecule is CCNc1ccncc1C(=O)N(CC)CC1CCC1. The van der Waals surface area contributed by atoms with Crippen LogP contribution in [0, 0.1) is 5.92 Å². The van der Waals surface area contributed by atoms with Gasteiger partial charge in [0.05, 0.1) is 11.3 Å². The van der Waals surface area contributed by atoms with Crippen LogP contribution in [0.3, 0.4) is 0 Å². The third-order valence-electron chi connectivity index (χ3n) is 3.79. The molecule has 1 heterocycles. The second-order valence-corrected chi connectivity index (χ2v) is 5.09. The molecule has 1 aromatic heterocycles. The van der Waals surface area contributed by atoms with Crippen LogP contribution in [-0.4, -0.2) is 35.4 Å². The number of hydrogen-bond acceptors (Lipinski definition) is 3. The molecule has 0 radical (unpaired) electrons. The van der Waals surface area contributed by atoms with Gasteiger partial charge in [-0.3, -0.25) is 9.78 Å². The highest BCUT2D eigenvalue weighted by Crippen LogP contribution is 2.28. The van der Waals surface area contributed by atoms with Crippen LogP contribution in [-0.2, 0) is 0 Å². The summed E-state index contributed by atoms with van der Waals surface area (Å²) in [5.41, 5.74) is 1.57. The topological polar surface area (TPSA) is 45.2 Å². The zero-order valence-corrected chi connectivity index (χ0v) is 11.9. The van der Waals surface area contributed by atoms with Gasteiger partial charge in [0.15, 0.2) is 0 Å². The molecule has 0 spiro atoms. The van der Waals surface area contributed by atoms with Crippen LogP contribution >= 0.6 is 0 Å². The largest absolute Gasteiger partial charge is 0.385 e. The summed E-state index contributed by atoms with van der Waals surface area (Å²) in [5.74, 6) is 0.793. The third kappa shape index (κ3) is 3.25. The van der Waals surface area contributed by atoms with Crippen molar-refractivity contribution in [3.8, 4) is 0 Å². The van der Waals surface area contributed by atoms with E-state index in [0.29, 0.717) is 11.5 Å². The summed E-state index contributed by atoms with van der Waals surface area (Å²) >= 11 is 0. The minimum absolute atomic E-state index is 0.0958. The number of rotatable bonds is 6. The Labute approximate surface area is 115 Å². The Kier molecular flexibility index (Phi) is 4.77. The van der Waals surface area contributed by atoms with Crippen molar-refractivity contribution in [2.24, 2.45) is 5.92 Å². The second-order valence-electron chi connectivity index (χ2n) is 5.09. The van der Waals surface area contributed by atoms with Gasteiger partial charge < -0.3 is 10.2 Å². The molecule has 104 valence electrons. The summed E-state index contributed by atoms with van der Waals surface area (Å²) in [6, 6.07) is 1.87. The zero-order valence-electron chi connectivity index (χ0n) is 11.9. The van der Waals surface area contributed by atoms with Crippen LogP contribution < -0.4 is 5.32 Å². The average molecular weight is 261 g/mol. The van der Waals surface area contributed by atoms with Gasteiger partial charge in [-0.1, -0.05) is 6.42 Å². The molecule has 0 aromatic carbocycles. The van der Waals surface area contributed by atoms with Crippen molar-refractivity contribution in [2.45, 2.75) is 33.1 Å². The summed E-state index contributed by atoms with van der Waals surface area (Å²) in [4.78, 5) is 18.6. The lowest BCUT2D eigenvalue weighted by Gasteiger charge is -2.32. The molecular formula is C15H23N3O. The van der Waals surface area contributed by atoms with E-state index in [2.05, 4.69) is 10.3 Å². The highest BCUT2D eigenvalue weighted by Gasteiger charge is 2.24. The van der Waals surface area contributed by atoms with Gasteiger partial charge in [0.1, 0.15) is 0 Å². The van der Waals surface area contributed by atoms with E-state index < -0.39 is 0 Å². The smallest absolute Gasteiger partial charge is 0.257 e. The molecule has 1 amide bonds. The Bertz CT molecular complexity index is 429. The van der Waals surface area contributed by atoms with Crippen molar-refractivity contribution in [3.63, 3.8) is 0 Å². The fourth-order valence-electron chi connectivity index (χ4n) is 2.42. The summed E-state index contributed by atoms with van der Waals surface area (Å²) in [7, 11) is 0. The Morgan fingerprint density at radius 1 is 1.47 bits per heavy atom. The van der Waals surface area contributed by atoms with Crippen molar-refractivity contribution in [3.05, 3.63) is 24.0 Å². The molecule has 1 aliphatic carbocycles. The molecule has 19 heavy (non-hydrogen) atoms. The maximum absolute atomic E-state index is 12.6. The molecule has 1 aromatic rings. The number of aromatic nitrogens is 1. The first-order valence-corrected chi connectivity index (χ1v) is 7.23. The number of pyridine rings is 1. The van der Waals surface area contributed by atoms with E-state index in [1.54, 1.807) is 12.4 Å². The quantitative estimate of drug-likeness (QED) is 0.856. The maximum atomic E-state index is 12.6. The molecule has 4 heteroatoms. The predicted molar refractivity (Wildman–Crippen MR) is 77.3 cm³/mol. The molecule has 1 fully saturated rings. The first-order chi connectivity index (χ1) is 9.26. The number of nitrogens with one attached hydrogen (secondary N) is 1. The molecule has 0 bridgehead atoms. The lowest BCUT2D eigenvalue weighted by Crippen LogP contribution is -2.37. The Morgan fingerprint density at radius 2 is 2.26 bits per heavy atom. The molecule has 0 aliphatic heterocycles. The third-order valence-corrected chi connectivity index (χ3v) is 3.79. The van der Waals surface area contributed by atoms with E-state index in [1.165, 1.54) is 19.3 Å². The van der Waals surface area contributed by atoms with E-state index in [1.807, 2.05) is 24.8 Å². The van der Waals surface area contributed by atoms with Crippen LogP contribution in [0.4, 0.5) is 5.69 Å². The fraction of sp³-hybridized carbons (Fsp3) is 0.600. The fourth-order valence-corrected chi connectivity index (χ4v) is 2.42. The van der Waals surface area contributed by atoms with Gasteiger partial charge in [-0.25, -0.2) is 0 Å². The summed E-state index contributed by atoms with van der Waals surface area (Å²) in [5, 5.41) is 3.23. The Morgan fingerprint density at radius 3 is 2.84 bits per heavy atom. The van der Waals surface area contributed by atoms with E-state index in [0.717, 1.165) is 25.3 Å². The summed E-state index contributed by atoms with van der Waals surface area (Å²) < 4.78 is 0. The van der Waals surface area contributed by atoms with Gasteiger partial charge in [0.25, 0.3) is 5.91 Å². The van der Waals surface area contributed by atoms with Gasteiger partial charge in [-0.2, -0.15) is 0 Å². The van der Waals surface area contributed by atoms with Gasteiger partial charge in [-0.05, 0) is 38.7 Å². The number of amides is 1. The van der Waals surface area contributed by atoms with Crippen molar-refractivity contribution in [1.82, 2.24) is 9.88 Å². The lowest BCUT2D eigenvalue weighted by atomic mass is 9.85. The predicted octanol–water partition coefficient (Wildman–Crippen LogP) is 2.78. The molecule has 1 saturated carbocycles. The zero-order chi connectivity index (χ0) is 13.7. The molecule has 0 atom stereocenters. The minimum Gasteiger partial charge on any atom is -0.385 e. The molecular weight excluding hydrogens is 238 g/mol. The van der Waals surface area contributed by atoms with Crippen LogP contribution in [0.5, 0.6) is 0 Å². The Balaban J connectivity index is 2.11. The average Bonchev–Trinajstić information content (AvgIpc) is 2.38. The first kappa shape index (κ1) is 13.8. The molecule has 4 nitrogen and oxygen atoms in total. The molecule has 1 N–H and O–H groups in total. The van der Waals surface area contributed by atoms with Crippen molar-refractivity contribution >= 4 is 11.6 Å². The summed E-state index contributed by atoms with van der Waals surface area (Å²) in [6.45, 7) is 6.52. The number of anilines is 1. The molecule has 1 aliphatic rings. The highest BCUT2D eigenvalue weighted by atomic mass is 16.2. The number of nitrogens with zero attached hydrogens (tertiary/aromatic N) is 2. The molecule has 2 rings (SSSR count).